The summed E-state index contributed by atoms with van der Waals surface area (Å²) < 4.78 is 14.5. The van der Waals surface area contributed by atoms with Crippen LogP contribution >= 0.6 is 11.6 Å². The van der Waals surface area contributed by atoms with E-state index in [0.717, 1.165) is 18.5 Å². The Kier molecular flexibility index (Phi) is 2.98. The highest BCUT2D eigenvalue weighted by molar-refractivity contribution is 6.31. The molecule has 1 unspecified atom stereocenters. The molecule has 0 aromatic heterocycles. The van der Waals surface area contributed by atoms with Crippen molar-refractivity contribution in [2.45, 2.75) is 25.4 Å². The molecule has 82 valence electrons. The minimum atomic E-state index is -1.24. The molecule has 1 aliphatic heterocycles. The summed E-state index contributed by atoms with van der Waals surface area (Å²) in [5.41, 5.74) is 0.452. The molecule has 3 heteroatoms. The molecule has 1 N–H and O–H groups in total. The summed E-state index contributed by atoms with van der Waals surface area (Å²) in [7, 11) is 0. The Morgan fingerprint density at radius 3 is 2.87 bits per heavy atom. The summed E-state index contributed by atoms with van der Waals surface area (Å²) in [5.74, 6) is 0. The summed E-state index contributed by atoms with van der Waals surface area (Å²) in [5, 5.41) is 3.74. The van der Waals surface area contributed by atoms with Crippen LogP contribution in [0.1, 0.15) is 24.0 Å². The van der Waals surface area contributed by atoms with E-state index in [4.69, 9.17) is 11.6 Å². The molecule has 1 aromatic carbocycles. The summed E-state index contributed by atoms with van der Waals surface area (Å²) in [6.07, 6.45) is 1.46. The van der Waals surface area contributed by atoms with E-state index in [-0.39, 0.29) is 0 Å². The highest BCUT2D eigenvalue weighted by Crippen LogP contribution is 2.34. The molecule has 0 saturated carbocycles. The second-order valence-electron chi connectivity index (χ2n) is 4.21. The maximum atomic E-state index is 14.5. The highest BCUT2D eigenvalue weighted by Gasteiger charge is 2.33. The lowest BCUT2D eigenvalue weighted by Gasteiger charge is -2.30. The van der Waals surface area contributed by atoms with Crippen LogP contribution in [0.4, 0.5) is 4.39 Å². The summed E-state index contributed by atoms with van der Waals surface area (Å²) in [4.78, 5) is 0. The Hall–Kier alpha value is -0.600. The fraction of sp³-hybridized carbons (Fsp3) is 0.500. The Labute approximate surface area is 94.6 Å². The first-order chi connectivity index (χ1) is 7.12. The molecule has 1 atom stereocenters. The molecule has 1 nitrogen and oxygen atoms in total. The van der Waals surface area contributed by atoms with Crippen LogP contribution in [0.3, 0.4) is 0 Å². The molecule has 0 amide bonds. The van der Waals surface area contributed by atoms with E-state index < -0.39 is 5.67 Å². The standard InChI is InChI=1S/C12H15ClFN/c1-9-3-4-10(7-11(9)13)12(14)5-2-6-15-8-12/h3-4,7,15H,2,5-6,8H2,1H3. The van der Waals surface area contributed by atoms with Crippen molar-refractivity contribution in [3.63, 3.8) is 0 Å². The van der Waals surface area contributed by atoms with Crippen molar-refractivity contribution in [2.24, 2.45) is 0 Å². The van der Waals surface area contributed by atoms with Gasteiger partial charge < -0.3 is 5.32 Å². The van der Waals surface area contributed by atoms with Crippen molar-refractivity contribution in [1.29, 1.82) is 0 Å². The fourth-order valence-electron chi connectivity index (χ4n) is 1.99. The molecule has 2 rings (SSSR count). The van der Waals surface area contributed by atoms with Gasteiger partial charge in [0.05, 0.1) is 0 Å². The molecule has 0 aliphatic carbocycles. The van der Waals surface area contributed by atoms with Crippen LogP contribution in [0.5, 0.6) is 0 Å². The SMILES string of the molecule is Cc1ccc(C2(F)CCCNC2)cc1Cl. The zero-order chi connectivity index (χ0) is 10.9. The molecule has 1 aromatic rings. The van der Waals surface area contributed by atoms with Crippen LogP contribution in [0.2, 0.25) is 5.02 Å². The van der Waals surface area contributed by atoms with Gasteiger partial charge in [0.2, 0.25) is 0 Å². The first-order valence-electron chi connectivity index (χ1n) is 5.28. The van der Waals surface area contributed by atoms with Crippen molar-refractivity contribution < 1.29 is 4.39 Å². The number of hydrogen-bond donors (Lipinski definition) is 1. The summed E-state index contributed by atoms with van der Waals surface area (Å²) >= 11 is 6.01. The molecule has 0 radical (unpaired) electrons. The molecule has 0 spiro atoms. The van der Waals surface area contributed by atoms with Gasteiger partial charge in [-0.25, -0.2) is 4.39 Å². The third kappa shape index (κ3) is 2.16. The monoisotopic (exact) mass is 227 g/mol. The topological polar surface area (TPSA) is 12.0 Å². The van der Waals surface area contributed by atoms with Gasteiger partial charge in [0.1, 0.15) is 5.67 Å². The molecular formula is C12H15ClFN. The quantitative estimate of drug-likeness (QED) is 0.777. The Morgan fingerprint density at radius 2 is 2.27 bits per heavy atom. The van der Waals surface area contributed by atoms with Gasteiger partial charge in [-0.3, -0.25) is 0 Å². The van der Waals surface area contributed by atoms with Crippen LogP contribution in [0.25, 0.3) is 0 Å². The van der Waals surface area contributed by atoms with Crippen molar-refractivity contribution in [1.82, 2.24) is 5.32 Å². The van der Waals surface area contributed by atoms with Gasteiger partial charge in [-0.05, 0) is 43.5 Å². The van der Waals surface area contributed by atoms with E-state index in [0.29, 0.717) is 23.6 Å². The largest absolute Gasteiger partial charge is 0.313 e. The van der Waals surface area contributed by atoms with Crippen LogP contribution in [0, 0.1) is 6.92 Å². The van der Waals surface area contributed by atoms with Crippen LogP contribution in [-0.4, -0.2) is 13.1 Å². The highest BCUT2D eigenvalue weighted by atomic mass is 35.5. The zero-order valence-electron chi connectivity index (χ0n) is 8.82. The van der Waals surface area contributed by atoms with E-state index in [1.54, 1.807) is 6.07 Å². The predicted octanol–water partition coefficient (Wildman–Crippen LogP) is 3.20. The van der Waals surface area contributed by atoms with Gasteiger partial charge in [0.25, 0.3) is 0 Å². The molecule has 1 aliphatic rings. The zero-order valence-corrected chi connectivity index (χ0v) is 9.57. The number of hydrogen-bond acceptors (Lipinski definition) is 1. The van der Waals surface area contributed by atoms with Crippen LogP contribution < -0.4 is 5.32 Å². The van der Waals surface area contributed by atoms with Gasteiger partial charge in [-0.15, -0.1) is 0 Å². The third-order valence-corrected chi connectivity index (χ3v) is 3.43. The van der Waals surface area contributed by atoms with E-state index >= 15 is 0 Å². The van der Waals surface area contributed by atoms with Crippen molar-refractivity contribution >= 4 is 11.6 Å². The molecule has 1 fully saturated rings. The number of piperidine rings is 1. The fourth-order valence-corrected chi connectivity index (χ4v) is 2.17. The van der Waals surface area contributed by atoms with E-state index in [2.05, 4.69) is 5.32 Å². The smallest absolute Gasteiger partial charge is 0.148 e. The number of aryl methyl sites for hydroxylation is 1. The molecular weight excluding hydrogens is 213 g/mol. The summed E-state index contributed by atoms with van der Waals surface area (Å²) in [6.45, 7) is 3.23. The first-order valence-corrected chi connectivity index (χ1v) is 5.66. The Bertz CT molecular complexity index is 359. The van der Waals surface area contributed by atoms with Gasteiger partial charge in [0.15, 0.2) is 0 Å². The number of rotatable bonds is 1. The number of halogens is 2. The second kappa shape index (κ2) is 4.11. The number of nitrogens with one attached hydrogen (secondary N) is 1. The van der Waals surface area contributed by atoms with Crippen LogP contribution in [-0.2, 0) is 5.67 Å². The summed E-state index contributed by atoms with van der Waals surface area (Å²) in [6, 6.07) is 5.48. The van der Waals surface area contributed by atoms with E-state index in [9.17, 15) is 4.39 Å². The van der Waals surface area contributed by atoms with Gasteiger partial charge in [0, 0.05) is 11.6 Å². The van der Waals surface area contributed by atoms with Gasteiger partial charge in [-0.2, -0.15) is 0 Å². The normalized spacial score (nSPS) is 26.6. The lowest BCUT2D eigenvalue weighted by Crippen LogP contribution is -2.40. The van der Waals surface area contributed by atoms with Crippen molar-refractivity contribution in [3.05, 3.63) is 34.3 Å². The lowest BCUT2D eigenvalue weighted by molar-refractivity contribution is 0.122. The third-order valence-electron chi connectivity index (χ3n) is 3.02. The predicted molar refractivity (Wildman–Crippen MR) is 61.1 cm³/mol. The van der Waals surface area contributed by atoms with Crippen molar-refractivity contribution in [2.75, 3.05) is 13.1 Å². The molecule has 1 saturated heterocycles. The van der Waals surface area contributed by atoms with Gasteiger partial charge >= 0.3 is 0 Å². The lowest BCUT2D eigenvalue weighted by atomic mass is 9.88. The maximum absolute atomic E-state index is 14.5. The number of benzene rings is 1. The average molecular weight is 228 g/mol. The van der Waals surface area contributed by atoms with Gasteiger partial charge in [-0.1, -0.05) is 23.7 Å². The molecule has 1 heterocycles. The van der Waals surface area contributed by atoms with E-state index in [1.165, 1.54) is 0 Å². The maximum Gasteiger partial charge on any atom is 0.148 e. The van der Waals surface area contributed by atoms with Crippen molar-refractivity contribution in [3.8, 4) is 0 Å². The Balaban J connectivity index is 2.31. The number of alkyl halides is 1. The average Bonchev–Trinajstić information content (AvgIpc) is 2.23. The molecule has 15 heavy (non-hydrogen) atoms. The molecule has 0 bridgehead atoms. The minimum absolute atomic E-state index is 0.395. The first kappa shape index (κ1) is 10.9. The van der Waals surface area contributed by atoms with Crippen LogP contribution in [0.15, 0.2) is 18.2 Å². The minimum Gasteiger partial charge on any atom is -0.313 e. The Morgan fingerprint density at radius 1 is 1.47 bits per heavy atom. The van der Waals surface area contributed by atoms with E-state index in [1.807, 2.05) is 19.1 Å². The second-order valence-corrected chi connectivity index (χ2v) is 4.62.